The number of hydrogen-bond acceptors (Lipinski definition) is 7. The van der Waals surface area contributed by atoms with Gasteiger partial charge in [-0.1, -0.05) is 6.07 Å². The summed E-state index contributed by atoms with van der Waals surface area (Å²) in [4.78, 5) is 8.89. The summed E-state index contributed by atoms with van der Waals surface area (Å²) in [5.41, 5.74) is 0. The number of nitrogens with zero attached hydrogens (tertiary/aromatic N) is 3. The first-order valence-corrected chi connectivity index (χ1v) is 11.2. The SMILES string of the molecule is O=S(=O)(c1ccc(F)cc1)c1nc(-c2cccs2)oc1NCCCn1ccnc1. The third-order valence-corrected chi connectivity index (χ3v) is 6.68. The minimum absolute atomic E-state index is 0.0496. The van der Waals surface area contributed by atoms with E-state index in [4.69, 9.17) is 4.42 Å². The molecule has 4 rings (SSSR count). The van der Waals surface area contributed by atoms with Gasteiger partial charge in [-0.3, -0.25) is 0 Å². The van der Waals surface area contributed by atoms with E-state index in [9.17, 15) is 12.8 Å². The Hall–Kier alpha value is -2.98. The highest BCUT2D eigenvalue weighted by molar-refractivity contribution is 7.91. The molecule has 0 aliphatic heterocycles. The van der Waals surface area contributed by atoms with E-state index in [0.717, 1.165) is 25.1 Å². The topological polar surface area (TPSA) is 90.0 Å². The molecule has 3 aromatic heterocycles. The molecule has 0 aliphatic carbocycles. The summed E-state index contributed by atoms with van der Waals surface area (Å²) in [5, 5.41) is 4.67. The number of hydrogen-bond donors (Lipinski definition) is 1. The number of nitrogens with one attached hydrogen (secondary N) is 1. The molecule has 0 saturated carbocycles. The maximum atomic E-state index is 13.2. The van der Waals surface area contributed by atoms with Gasteiger partial charge in [0.2, 0.25) is 26.6 Å². The van der Waals surface area contributed by atoms with Crippen LogP contribution in [0.15, 0.2) is 74.8 Å². The van der Waals surface area contributed by atoms with Crippen LogP contribution in [0.1, 0.15) is 6.42 Å². The molecule has 7 nitrogen and oxygen atoms in total. The van der Waals surface area contributed by atoms with Crippen LogP contribution in [-0.4, -0.2) is 29.5 Å². The molecule has 0 unspecified atom stereocenters. The highest BCUT2D eigenvalue weighted by Gasteiger charge is 2.28. The number of sulfone groups is 1. The van der Waals surface area contributed by atoms with Crippen LogP contribution in [0.4, 0.5) is 10.3 Å². The lowest BCUT2D eigenvalue weighted by atomic mass is 10.4. The molecular weight excluding hydrogens is 415 g/mol. The maximum absolute atomic E-state index is 13.2. The minimum atomic E-state index is -3.98. The number of halogens is 1. The van der Waals surface area contributed by atoms with Gasteiger partial charge < -0.3 is 14.3 Å². The van der Waals surface area contributed by atoms with Crippen LogP contribution < -0.4 is 5.32 Å². The first-order chi connectivity index (χ1) is 14.0. The Labute approximate surface area is 170 Å². The Morgan fingerprint density at radius 3 is 2.72 bits per heavy atom. The molecule has 0 radical (unpaired) electrons. The van der Waals surface area contributed by atoms with Crippen LogP contribution in [0.2, 0.25) is 0 Å². The Balaban J connectivity index is 1.61. The predicted molar refractivity (Wildman–Crippen MR) is 107 cm³/mol. The summed E-state index contributed by atoms with van der Waals surface area (Å²) in [6, 6.07) is 8.26. The monoisotopic (exact) mass is 432 g/mol. The second-order valence-corrected chi connectivity index (χ2v) is 8.98. The minimum Gasteiger partial charge on any atom is -0.418 e. The largest absolute Gasteiger partial charge is 0.418 e. The van der Waals surface area contributed by atoms with Crippen LogP contribution in [-0.2, 0) is 16.4 Å². The summed E-state index contributed by atoms with van der Waals surface area (Å²) in [6.07, 6.45) is 5.99. The van der Waals surface area contributed by atoms with Crippen molar-refractivity contribution in [2.24, 2.45) is 0 Å². The molecule has 3 heterocycles. The average molecular weight is 433 g/mol. The van der Waals surface area contributed by atoms with Crippen molar-refractivity contribution in [2.45, 2.75) is 22.9 Å². The number of rotatable bonds is 8. The van der Waals surface area contributed by atoms with E-state index in [2.05, 4.69) is 15.3 Å². The third kappa shape index (κ3) is 4.22. The molecule has 0 atom stereocenters. The molecule has 0 bridgehead atoms. The Kier molecular flexibility index (Phi) is 5.45. The van der Waals surface area contributed by atoms with Gasteiger partial charge in [-0.25, -0.2) is 17.8 Å². The van der Waals surface area contributed by atoms with Crippen LogP contribution in [0.3, 0.4) is 0 Å². The highest BCUT2D eigenvalue weighted by Crippen LogP contribution is 2.34. The fourth-order valence-corrected chi connectivity index (χ4v) is 4.64. The molecule has 0 spiro atoms. The molecular formula is C19H17FN4O3S2. The van der Waals surface area contributed by atoms with Gasteiger partial charge in [0.25, 0.3) is 0 Å². The van der Waals surface area contributed by atoms with Crippen molar-refractivity contribution in [2.75, 3.05) is 11.9 Å². The standard InChI is InChI=1S/C19H17FN4O3S2/c20-14-4-6-15(7-5-14)29(25,26)19-18(22-8-2-10-24-11-9-21-13-24)27-17(23-19)16-3-1-12-28-16/h1,3-7,9,11-13,22H,2,8,10H2. The third-order valence-electron chi connectivity index (χ3n) is 4.14. The number of aromatic nitrogens is 3. The maximum Gasteiger partial charge on any atom is 0.240 e. The summed E-state index contributed by atoms with van der Waals surface area (Å²) < 4.78 is 47.0. The van der Waals surface area contributed by atoms with Crippen LogP contribution >= 0.6 is 11.3 Å². The fraction of sp³-hybridized carbons (Fsp3) is 0.158. The summed E-state index contributed by atoms with van der Waals surface area (Å²) >= 11 is 1.39. The molecule has 0 saturated heterocycles. The lowest BCUT2D eigenvalue weighted by Crippen LogP contribution is -2.10. The lowest BCUT2D eigenvalue weighted by molar-refractivity contribution is 0.572. The predicted octanol–water partition coefficient (Wildman–Crippen LogP) is 4.07. The van der Waals surface area contributed by atoms with Gasteiger partial charge in [-0.2, -0.15) is 4.98 Å². The van der Waals surface area contributed by atoms with Gasteiger partial charge in [0, 0.05) is 25.5 Å². The number of oxazole rings is 1. The zero-order valence-corrected chi connectivity index (χ0v) is 16.8. The summed E-state index contributed by atoms with van der Waals surface area (Å²) in [7, 11) is -3.98. The van der Waals surface area contributed by atoms with Gasteiger partial charge in [-0.05, 0) is 42.1 Å². The second-order valence-electron chi connectivity index (χ2n) is 6.17. The molecule has 150 valence electrons. The first kappa shape index (κ1) is 19.3. The van der Waals surface area contributed by atoms with Crippen LogP contribution in [0.5, 0.6) is 0 Å². The van der Waals surface area contributed by atoms with E-state index >= 15 is 0 Å². The number of thiophene rings is 1. The zero-order valence-electron chi connectivity index (χ0n) is 15.2. The Bertz CT molecular complexity index is 1170. The van der Waals surface area contributed by atoms with Gasteiger partial charge in [-0.15, -0.1) is 11.3 Å². The van der Waals surface area contributed by atoms with Crippen molar-refractivity contribution in [3.8, 4) is 10.8 Å². The number of benzene rings is 1. The lowest BCUT2D eigenvalue weighted by Gasteiger charge is -2.06. The highest BCUT2D eigenvalue weighted by atomic mass is 32.2. The molecule has 4 aromatic rings. The van der Waals surface area contributed by atoms with E-state index in [1.807, 2.05) is 22.2 Å². The van der Waals surface area contributed by atoms with E-state index in [-0.39, 0.29) is 21.7 Å². The van der Waals surface area contributed by atoms with Gasteiger partial charge in [0.15, 0.2) is 0 Å². The number of aryl methyl sites for hydroxylation is 1. The van der Waals surface area contributed by atoms with Crippen molar-refractivity contribution in [3.05, 3.63) is 66.3 Å². The molecule has 1 aromatic carbocycles. The smallest absolute Gasteiger partial charge is 0.240 e. The normalized spacial score (nSPS) is 11.6. The second kappa shape index (κ2) is 8.18. The van der Waals surface area contributed by atoms with E-state index in [1.165, 1.54) is 23.5 Å². The van der Waals surface area contributed by atoms with Crippen LogP contribution in [0.25, 0.3) is 10.8 Å². The van der Waals surface area contributed by atoms with Crippen molar-refractivity contribution >= 4 is 27.1 Å². The molecule has 29 heavy (non-hydrogen) atoms. The Morgan fingerprint density at radius 1 is 1.21 bits per heavy atom. The zero-order chi connectivity index (χ0) is 20.3. The van der Waals surface area contributed by atoms with Crippen molar-refractivity contribution < 1.29 is 17.2 Å². The average Bonchev–Trinajstić information content (AvgIpc) is 3.47. The summed E-state index contributed by atoms with van der Waals surface area (Å²) in [6.45, 7) is 1.20. The van der Waals surface area contributed by atoms with Crippen molar-refractivity contribution in [1.82, 2.24) is 14.5 Å². The number of imidazole rings is 1. The van der Waals surface area contributed by atoms with E-state index in [0.29, 0.717) is 11.4 Å². The van der Waals surface area contributed by atoms with Gasteiger partial charge in [0.05, 0.1) is 16.1 Å². The Morgan fingerprint density at radius 2 is 2.03 bits per heavy atom. The van der Waals surface area contributed by atoms with Crippen molar-refractivity contribution in [3.63, 3.8) is 0 Å². The summed E-state index contributed by atoms with van der Waals surface area (Å²) in [5.74, 6) is -0.220. The quantitative estimate of drug-likeness (QED) is 0.333. The van der Waals surface area contributed by atoms with Gasteiger partial charge >= 0.3 is 0 Å². The molecule has 10 heteroatoms. The molecule has 0 fully saturated rings. The van der Waals surface area contributed by atoms with E-state index in [1.54, 1.807) is 18.6 Å². The first-order valence-electron chi connectivity index (χ1n) is 8.79. The molecule has 0 aliphatic rings. The van der Waals surface area contributed by atoms with Gasteiger partial charge in [0.1, 0.15) is 5.82 Å². The fourth-order valence-electron chi connectivity index (χ4n) is 2.71. The van der Waals surface area contributed by atoms with Crippen molar-refractivity contribution in [1.29, 1.82) is 0 Å². The molecule has 1 N–H and O–H groups in total. The molecule has 0 amide bonds. The van der Waals surface area contributed by atoms with E-state index < -0.39 is 15.7 Å². The van der Waals surface area contributed by atoms with Crippen LogP contribution in [0, 0.1) is 5.82 Å². The number of anilines is 1.